The number of benzene rings is 2. The molecular weight excluding hydrogens is 354 g/mol. The van der Waals surface area contributed by atoms with Crippen LogP contribution in [0.5, 0.6) is 0 Å². The number of nitrogens with one attached hydrogen (secondary N) is 1. The van der Waals surface area contributed by atoms with Crippen molar-refractivity contribution in [3.8, 4) is 0 Å². The minimum absolute atomic E-state index is 0.358. The zero-order valence-electron chi connectivity index (χ0n) is 9.63. The van der Waals surface area contributed by atoms with Gasteiger partial charge in [-0.25, -0.2) is 9.82 Å². The second-order valence-corrected chi connectivity index (χ2v) is 5.67. The van der Waals surface area contributed by atoms with Gasteiger partial charge >= 0.3 is 0 Å². The Bertz CT molecular complexity index is 607. The molecule has 2 rings (SSSR count). The fraction of sp³-hybridized carbons (Fsp3) is 0.0769. The van der Waals surface area contributed by atoms with E-state index in [2.05, 4.69) is 21.4 Å². The van der Waals surface area contributed by atoms with E-state index >= 15 is 0 Å². The SMILES string of the molecule is NNC(c1ccc(Cl)c(Cl)c1)c1ccc(Br)cc1F. The van der Waals surface area contributed by atoms with Crippen LogP contribution in [-0.2, 0) is 0 Å². The molecule has 3 N–H and O–H groups in total. The van der Waals surface area contributed by atoms with E-state index in [1.165, 1.54) is 6.07 Å². The Morgan fingerprint density at radius 2 is 1.84 bits per heavy atom. The van der Waals surface area contributed by atoms with E-state index in [1.54, 1.807) is 30.3 Å². The maximum Gasteiger partial charge on any atom is 0.129 e. The number of hydrogen-bond donors (Lipinski definition) is 2. The zero-order valence-corrected chi connectivity index (χ0v) is 12.7. The van der Waals surface area contributed by atoms with Crippen LogP contribution in [0.2, 0.25) is 10.0 Å². The Balaban J connectivity index is 2.46. The van der Waals surface area contributed by atoms with Crippen LogP contribution in [0, 0.1) is 5.82 Å². The summed E-state index contributed by atoms with van der Waals surface area (Å²) in [6, 6.07) is 9.36. The molecule has 0 aliphatic carbocycles. The van der Waals surface area contributed by atoms with E-state index in [9.17, 15) is 4.39 Å². The summed E-state index contributed by atoms with van der Waals surface area (Å²) in [5.74, 6) is 5.17. The minimum atomic E-state index is -0.497. The van der Waals surface area contributed by atoms with Gasteiger partial charge < -0.3 is 0 Å². The highest BCUT2D eigenvalue weighted by Crippen LogP contribution is 2.30. The molecule has 0 saturated carbocycles. The summed E-state index contributed by atoms with van der Waals surface area (Å²) in [5, 5.41) is 0.842. The predicted molar refractivity (Wildman–Crippen MR) is 79.7 cm³/mol. The Morgan fingerprint density at radius 3 is 2.42 bits per heavy atom. The number of hydrazine groups is 1. The first kappa shape index (κ1) is 14.8. The van der Waals surface area contributed by atoms with Gasteiger partial charge in [0, 0.05) is 10.0 Å². The van der Waals surface area contributed by atoms with Crippen LogP contribution in [0.25, 0.3) is 0 Å². The molecule has 0 aliphatic rings. The highest BCUT2D eigenvalue weighted by Gasteiger charge is 2.17. The van der Waals surface area contributed by atoms with Crippen molar-refractivity contribution in [1.29, 1.82) is 0 Å². The largest absolute Gasteiger partial charge is 0.271 e. The fourth-order valence-electron chi connectivity index (χ4n) is 1.79. The van der Waals surface area contributed by atoms with Crippen LogP contribution in [0.15, 0.2) is 40.9 Å². The molecule has 0 radical (unpaired) electrons. The van der Waals surface area contributed by atoms with Crippen LogP contribution < -0.4 is 11.3 Å². The van der Waals surface area contributed by atoms with Crippen molar-refractivity contribution in [2.45, 2.75) is 6.04 Å². The first-order valence-corrected chi connectivity index (χ1v) is 6.94. The zero-order chi connectivity index (χ0) is 14.0. The Hall–Kier alpha value is -0.650. The molecule has 2 nitrogen and oxygen atoms in total. The number of halogens is 4. The van der Waals surface area contributed by atoms with Crippen LogP contribution >= 0.6 is 39.1 Å². The van der Waals surface area contributed by atoms with Gasteiger partial charge in [-0.1, -0.05) is 51.3 Å². The normalized spacial score (nSPS) is 12.5. The van der Waals surface area contributed by atoms with E-state index in [0.29, 0.717) is 20.1 Å². The quantitative estimate of drug-likeness (QED) is 0.624. The second-order valence-electron chi connectivity index (χ2n) is 3.94. The standard InChI is InChI=1S/C13H10BrCl2FN2/c14-8-2-3-9(12(17)6-8)13(19-18)7-1-4-10(15)11(16)5-7/h1-6,13,19H,18H2. The topological polar surface area (TPSA) is 38.0 Å². The monoisotopic (exact) mass is 362 g/mol. The third-order valence-electron chi connectivity index (χ3n) is 2.72. The fourth-order valence-corrected chi connectivity index (χ4v) is 2.43. The molecule has 0 spiro atoms. The van der Waals surface area contributed by atoms with Gasteiger partial charge in [-0.2, -0.15) is 0 Å². The van der Waals surface area contributed by atoms with E-state index in [-0.39, 0.29) is 5.82 Å². The molecule has 0 bridgehead atoms. The Kier molecular flexibility index (Phi) is 4.81. The van der Waals surface area contributed by atoms with E-state index in [4.69, 9.17) is 29.0 Å². The minimum Gasteiger partial charge on any atom is -0.271 e. The van der Waals surface area contributed by atoms with Gasteiger partial charge in [0.15, 0.2) is 0 Å². The van der Waals surface area contributed by atoms with E-state index in [0.717, 1.165) is 5.56 Å². The van der Waals surface area contributed by atoms with E-state index < -0.39 is 6.04 Å². The average Bonchev–Trinajstić information content (AvgIpc) is 2.37. The van der Waals surface area contributed by atoms with Crippen molar-refractivity contribution in [2.24, 2.45) is 5.84 Å². The first-order valence-electron chi connectivity index (χ1n) is 5.39. The van der Waals surface area contributed by atoms with Crippen molar-refractivity contribution in [2.75, 3.05) is 0 Å². The lowest BCUT2D eigenvalue weighted by atomic mass is 9.99. The van der Waals surface area contributed by atoms with Gasteiger partial charge in [0.05, 0.1) is 16.1 Å². The lowest BCUT2D eigenvalue weighted by Crippen LogP contribution is -2.29. The number of nitrogens with two attached hydrogens (primary N) is 1. The smallest absolute Gasteiger partial charge is 0.129 e. The van der Waals surface area contributed by atoms with Crippen LogP contribution in [0.4, 0.5) is 4.39 Å². The summed E-state index contributed by atoms with van der Waals surface area (Å²) in [6.07, 6.45) is 0. The van der Waals surface area contributed by atoms with Gasteiger partial charge in [-0.15, -0.1) is 0 Å². The Morgan fingerprint density at radius 1 is 1.11 bits per heavy atom. The van der Waals surface area contributed by atoms with Crippen molar-refractivity contribution in [3.63, 3.8) is 0 Å². The lowest BCUT2D eigenvalue weighted by molar-refractivity contribution is 0.559. The molecule has 0 saturated heterocycles. The molecule has 1 atom stereocenters. The second kappa shape index (κ2) is 6.20. The van der Waals surface area contributed by atoms with Gasteiger partial charge in [-0.05, 0) is 29.8 Å². The van der Waals surface area contributed by atoms with Gasteiger partial charge in [0.1, 0.15) is 5.82 Å². The summed E-state index contributed by atoms with van der Waals surface area (Å²) < 4.78 is 14.6. The van der Waals surface area contributed by atoms with Crippen LogP contribution in [-0.4, -0.2) is 0 Å². The molecule has 0 fully saturated rings. The van der Waals surface area contributed by atoms with E-state index in [1.807, 2.05) is 0 Å². The molecule has 2 aromatic rings. The average molecular weight is 364 g/mol. The van der Waals surface area contributed by atoms with Crippen molar-refractivity contribution in [1.82, 2.24) is 5.43 Å². The van der Waals surface area contributed by atoms with Crippen LogP contribution in [0.3, 0.4) is 0 Å². The van der Waals surface area contributed by atoms with Crippen LogP contribution in [0.1, 0.15) is 17.2 Å². The summed E-state index contributed by atoms with van der Waals surface area (Å²) in [6.45, 7) is 0. The molecule has 0 heterocycles. The molecule has 100 valence electrons. The lowest BCUT2D eigenvalue weighted by Gasteiger charge is -2.18. The predicted octanol–water partition coefficient (Wildman–Crippen LogP) is 4.45. The highest BCUT2D eigenvalue weighted by molar-refractivity contribution is 9.10. The first-order chi connectivity index (χ1) is 9.02. The maximum atomic E-state index is 14.0. The van der Waals surface area contributed by atoms with Gasteiger partial charge in [0.2, 0.25) is 0 Å². The van der Waals surface area contributed by atoms with Crippen molar-refractivity contribution in [3.05, 3.63) is 67.9 Å². The molecule has 19 heavy (non-hydrogen) atoms. The number of rotatable bonds is 3. The summed E-state index contributed by atoms with van der Waals surface area (Å²) in [5.41, 5.74) is 3.75. The molecule has 6 heteroatoms. The van der Waals surface area contributed by atoms with Gasteiger partial charge in [0.25, 0.3) is 0 Å². The molecule has 1 unspecified atom stereocenters. The summed E-state index contributed by atoms with van der Waals surface area (Å²) >= 11 is 15.0. The number of hydrogen-bond acceptors (Lipinski definition) is 2. The Labute approximate surface area is 128 Å². The third kappa shape index (κ3) is 3.27. The van der Waals surface area contributed by atoms with Gasteiger partial charge in [-0.3, -0.25) is 5.84 Å². The molecule has 0 aromatic heterocycles. The third-order valence-corrected chi connectivity index (χ3v) is 3.95. The summed E-state index contributed by atoms with van der Waals surface area (Å²) in [7, 11) is 0. The highest BCUT2D eigenvalue weighted by atomic mass is 79.9. The molecular formula is C13H10BrCl2FN2. The van der Waals surface area contributed by atoms with Crippen molar-refractivity contribution < 1.29 is 4.39 Å². The molecule has 0 aliphatic heterocycles. The molecule has 2 aromatic carbocycles. The van der Waals surface area contributed by atoms with Crippen molar-refractivity contribution >= 4 is 39.1 Å². The molecule has 0 amide bonds. The summed E-state index contributed by atoms with van der Waals surface area (Å²) in [4.78, 5) is 0. The maximum absolute atomic E-state index is 14.0.